The molecule has 258 valence electrons. The quantitative estimate of drug-likeness (QED) is 0.164. The van der Waals surface area contributed by atoms with Crippen LogP contribution in [0.3, 0.4) is 0 Å². The molecule has 0 aliphatic carbocycles. The van der Waals surface area contributed by atoms with Gasteiger partial charge in [0.1, 0.15) is 11.2 Å². The first-order valence-electron chi connectivity index (χ1n) is 18.2. The Labute approximate surface area is 317 Å². The number of nitrogens with zero attached hydrogens (tertiary/aromatic N) is 5. The number of rotatable bonds is 7. The van der Waals surface area contributed by atoms with E-state index in [1.807, 2.05) is 121 Å². The van der Waals surface area contributed by atoms with E-state index in [4.69, 9.17) is 29.3 Å². The van der Waals surface area contributed by atoms with E-state index in [1.54, 1.807) is 0 Å². The third-order valence-corrected chi connectivity index (χ3v) is 9.74. The van der Waals surface area contributed by atoms with Gasteiger partial charge in [-0.05, 0) is 24.3 Å². The molecule has 3 aromatic heterocycles. The summed E-state index contributed by atoms with van der Waals surface area (Å²) in [5, 5.41) is 2.13. The number of hydrogen-bond acceptors (Lipinski definition) is 6. The average molecular weight is 706 g/mol. The molecule has 0 fully saturated rings. The minimum atomic E-state index is 0.550. The van der Waals surface area contributed by atoms with Crippen LogP contribution in [-0.4, -0.2) is 24.9 Å². The second kappa shape index (κ2) is 13.8. The van der Waals surface area contributed by atoms with Crippen LogP contribution >= 0.6 is 0 Å². The van der Waals surface area contributed by atoms with E-state index in [2.05, 4.69) is 66.7 Å². The van der Waals surface area contributed by atoms with Gasteiger partial charge in [0.2, 0.25) is 0 Å². The standard InChI is InChI=1S/C49H31N5O/c1-5-16-32(17-6-1)43-44(33-18-7-2-8-19-33)51-46(45(50-43)34-20-9-3-10-21-34)36-24-15-25-37(30-36)48-52-47(35-22-11-4-12-23-35)53-49(54-48)38-28-29-40-39-26-13-14-27-41(39)55-42(40)31-38/h1-31H. The molecule has 0 aliphatic heterocycles. The van der Waals surface area contributed by atoms with Gasteiger partial charge in [-0.3, -0.25) is 0 Å². The van der Waals surface area contributed by atoms with Crippen LogP contribution in [0.4, 0.5) is 0 Å². The Morgan fingerprint density at radius 3 is 1.22 bits per heavy atom. The zero-order chi connectivity index (χ0) is 36.6. The summed E-state index contributed by atoms with van der Waals surface area (Å²) in [5.74, 6) is 1.69. The van der Waals surface area contributed by atoms with Gasteiger partial charge in [0.15, 0.2) is 17.5 Å². The smallest absolute Gasteiger partial charge is 0.164 e. The molecule has 0 amide bonds. The summed E-state index contributed by atoms with van der Waals surface area (Å²) in [5.41, 5.74) is 11.2. The van der Waals surface area contributed by atoms with Gasteiger partial charge < -0.3 is 4.42 Å². The van der Waals surface area contributed by atoms with E-state index in [0.717, 1.165) is 83.7 Å². The molecule has 10 aromatic rings. The number of fused-ring (bicyclic) bond motifs is 3. The van der Waals surface area contributed by atoms with Crippen molar-refractivity contribution in [2.45, 2.75) is 0 Å². The Kier molecular flexibility index (Phi) is 8.04. The van der Waals surface area contributed by atoms with Crippen LogP contribution < -0.4 is 0 Å². The lowest BCUT2D eigenvalue weighted by molar-refractivity contribution is 0.669. The summed E-state index contributed by atoms with van der Waals surface area (Å²) >= 11 is 0. The number of furan rings is 1. The molecule has 3 heterocycles. The first-order chi connectivity index (χ1) is 27.2. The van der Waals surface area contributed by atoms with Crippen LogP contribution in [0, 0.1) is 0 Å². The highest BCUT2D eigenvalue weighted by atomic mass is 16.3. The van der Waals surface area contributed by atoms with Gasteiger partial charge in [-0.15, -0.1) is 0 Å². The lowest BCUT2D eigenvalue weighted by atomic mass is 9.98. The molecular weight excluding hydrogens is 675 g/mol. The Bertz CT molecular complexity index is 2960. The summed E-state index contributed by atoms with van der Waals surface area (Å²) in [7, 11) is 0. The third kappa shape index (κ3) is 6.11. The topological polar surface area (TPSA) is 77.6 Å². The van der Waals surface area contributed by atoms with Gasteiger partial charge >= 0.3 is 0 Å². The fourth-order valence-corrected chi connectivity index (χ4v) is 7.05. The number of aromatic nitrogens is 5. The van der Waals surface area contributed by atoms with Crippen molar-refractivity contribution < 1.29 is 4.42 Å². The predicted molar refractivity (Wildman–Crippen MR) is 221 cm³/mol. The van der Waals surface area contributed by atoms with Crippen LogP contribution in [0.2, 0.25) is 0 Å². The lowest BCUT2D eigenvalue weighted by Crippen LogP contribution is -2.02. The van der Waals surface area contributed by atoms with E-state index in [1.165, 1.54) is 0 Å². The van der Waals surface area contributed by atoms with E-state index in [9.17, 15) is 0 Å². The van der Waals surface area contributed by atoms with Gasteiger partial charge in [0.25, 0.3) is 0 Å². The largest absolute Gasteiger partial charge is 0.456 e. The van der Waals surface area contributed by atoms with Crippen LogP contribution in [0.15, 0.2) is 192 Å². The normalized spacial score (nSPS) is 11.3. The van der Waals surface area contributed by atoms with Gasteiger partial charge in [0, 0.05) is 49.7 Å². The van der Waals surface area contributed by atoms with Crippen LogP contribution in [-0.2, 0) is 0 Å². The maximum Gasteiger partial charge on any atom is 0.164 e. The minimum absolute atomic E-state index is 0.550. The Morgan fingerprint density at radius 2 is 0.655 bits per heavy atom. The van der Waals surface area contributed by atoms with Crippen molar-refractivity contribution in [1.82, 2.24) is 24.9 Å². The molecule has 7 aromatic carbocycles. The van der Waals surface area contributed by atoms with E-state index < -0.39 is 0 Å². The van der Waals surface area contributed by atoms with Crippen molar-refractivity contribution in [3.05, 3.63) is 188 Å². The molecule has 0 saturated heterocycles. The average Bonchev–Trinajstić information content (AvgIpc) is 3.65. The van der Waals surface area contributed by atoms with Crippen LogP contribution in [0.1, 0.15) is 0 Å². The minimum Gasteiger partial charge on any atom is -0.456 e. The lowest BCUT2D eigenvalue weighted by Gasteiger charge is -2.16. The second-order valence-electron chi connectivity index (χ2n) is 13.3. The maximum absolute atomic E-state index is 6.25. The Balaban J connectivity index is 1.16. The van der Waals surface area contributed by atoms with Gasteiger partial charge in [-0.2, -0.15) is 0 Å². The summed E-state index contributed by atoms with van der Waals surface area (Å²) in [4.78, 5) is 26.0. The van der Waals surface area contributed by atoms with Crippen molar-refractivity contribution in [2.24, 2.45) is 0 Å². The van der Waals surface area contributed by atoms with Crippen molar-refractivity contribution in [2.75, 3.05) is 0 Å². The summed E-state index contributed by atoms with van der Waals surface area (Å²) in [6, 6.07) is 63.2. The summed E-state index contributed by atoms with van der Waals surface area (Å²) < 4.78 is 6.25. The van der Waals surface area contributed by atoms with Crippen molar-refractivity contribution >= 4 is 21.9 Å². The molecule has 6 heteroatoms. The van der Waals surface area contributed by atoms with E-state index >= 15 is 0 Å². The molecule has 0 N–H and O–H groups in total. The van der Waals surface area contributed by atoms with Crippen LogP contribution in [0.25, 0.3) is 101 Å². The van der Waals surface area contributed by atoms with Crippen molar-refractivity contribution in [3.63, 3.8) is 0 Å². The van der Waals surface area contributed by atoms with Crippen LogP contribution in [0.5, 0.6) is 0 Å². The highest BCUT2D eigenvalue weighted by Gasteiger charge is 2.21. The fourth-order valence-electron chi connectivity index (χ4n) is 7.05. The molecule has 55 heavy (non-hydrogen) atoms. The Morgan fingerprint density at radius 1 is 0.255 bits per heavy atom. The second-order valence-corrected chi connectivity index (χ2v) is 13.3. The Hall–Kier alpha value is -7.57. The molecular formula is C49H31N5O. The summed E-state index contributed by atoms with van der Waals surface area (Å²) in [6.07, 6.45) is 0. The third-order valence-electron chi connectivity index (χ3n) is 9.74. The molecule has 10 rings (SSSR count). The first-order valence-corrected chi connectivity index (χ1v) is 18.2. The first kappa shape index (κ1) is 32.1. The molecule has 0 unspecified atom stereocenters. The highest BCUT2D eigenvalue weighted by Crippen LogP contribution is 2.38. The highest BCUT2D eigenvalue weighted by molar-refractivity contribution is 6.05. The van der Waals surface area contributed by atoms with Gasteiger partial charge in [0.05, 0.1) is 22.8 Å². The SMILES string of the molecule is c1ccc(-c2nc(-c3cccc(-c4nc(-c5ccccc5)c(-c5ccccc5)nc4-c4ccccc4)c3)nc(-c3ccc4c(c3)oc3ccccc34)n2)cc1. The number of hydrogen-bond donors (Lipinski definition) is 0. The number of para-hydroxylation sites is 1. The van der Waals surface area contributed by atoms with E-state index in [-0.39, 0.29) is 0 Å². The summed E-state index contributed by atoms with van der Waals surface area (Å²) in [6.45, 7) is 0. The molecule has 0 saturated carbocycles. The van der Waals surface area contributed by atoms with E-state index in [0.29, 0.717) is 17.5 Å². The van der Waals surface area contributed by atoms with Gasteiger partial charge in [-0.1, -0.05) is 164 Å². The fraction of sp³-hybridized carbons (Fsp3) is 0. The van der Waals surface area contributed by atoms with Crippen molar-refractivity contribution in [1.29, 1.82) is 0 Å². The number of benzene rings is 7. The molecule has 0 spiro atoms. The molecule has 0 atom stereocenters. The maximum atomic E-state index is 6.25. The zero-order valence-corrected chi connectivity index (χ0v) is 29.5. The molecule has 0 bridgehead atoms. The molecule has 0 radical (unpaired) electrons. The van der Waals surface area contributed by atoms with Crippen molar-refractivity contribution in [3.8, 4) is 79.2 Å². The van der Waals surface area contributed by atoms with Gasteiger partial charge in [-0.25, -0.2) is 24.9 Å². The monoisotopic (exact) mass is 705 g/mol. The molecule has 6 nitrogen and oxygen atoms in total. The zero-order valence-electron chi connectivity index (χ0n) is 29.5. The predicted octanol–water partition coefficient (Wildman–Crippen LogP) is 12.2. The molecule has 0 aliphatic rings.